The fourth-order valence-electron chi connectivity index (χ4n) is 2.66. The molecule has 3 N–H and O–H groups in total. The van der Waals surface area contributed by atoms with E-state index < -0.39 is 0 Å². The summed E-state index contributed by atoms with van der Waals surface area (Å²) in [6, 6.07) is 0. The number of hydrazine groups is 1. The molecule has 0 radical (unpaired) electrons. The lowest BCUT2D eigenvalue weighted by Crippen LogP contribution is -2.44. The number of nitrogens with two attached hydrogens (primary N) is 1. The van der Waals surface area contributed by atoms with Gasteiger partial charge in [-0.05, 0) is 18.8 Å². The SMILES string of the molecule is CCc1c(NN)ncnc1N1CCC(C)C(OC)C1. The molecule has 1 aliphatic heterocycles. The standard InChI is InChI=1S/C13H23N5O/c1-4-10-12(17-14)15-8-16-13(10)18-6-5-9(2)11(7-18)19-3/h8-9,11H,4-7,14H2,1-3H3,(H,15,16,17). The molecule has 19 heavy (non-hydrogen) atoms. The molecule has 2 atom stereocenters. The van der Waals surface area contributed by atoms with Crippen LogP contribution in [-0.2, 0) is 11.2 Å². The molecular weight excluding hydrogens is 242 g/mol. The molecule has 0 aliphatic carbocycles. The summed E-state index contributed by atoms with van der Waals surface area (Å²) in [5, 5.41) is 0. The van der Waals surface area contributed by atoms with Gasteiger partial charge in [0.2, 0.25) is 0 Å². The topological polar surface area (TPSA) is 76.3 Å². The molecule has 1 fully saturated rings. The van der Waals surface area contributed by atoms with Crippen LogP contribution in [0.2, 0.25) is 0 Å². The highest BCUT2D eigenvalue weighted by molar-refractivity contribution is 5.58. The van der Waals surface area contributed by atoms with Gasteiger partial charge in [-0.15, -0.1) is 0 Å². The predicted octanol–water partition coefficient (Wildman–Crippen LogP) is 1.19. The normalized spacial score (nSPS) is 23.5. The minimum absolute atomic E-state index is 0.253. The Labute approximate surface area is 114 Å². The lowest BCUT2D eigenvalue weighted by Gasteiger charge is -2.37. The van der Waals surface area contributed by atoms with E-state index in [-0.39, 0.29) is 6.10 Å². The summed E-state index contributed by atoms with van der Waals surface area (Å²) in [4.78, 5) is 10.9. The van der Waals surface area contributed by atoms with Gasteiger partial charge >= 0.3 is 0 Å². The van der Waals surface area contributed by atoms with Gasteiger partial charge in [-0.1, -0.05) is 13.8 Å². The van der Waals surface area contributed by atoms with Gasteiger partial charge in [-0.3, -0.25) is 0 Å². The number of aromatic nitrogens is 2. The van der Waals surface area contributed by atoms with E-state index in [0.717, 1.165) is 37.3 Å². The summed E-state index contributed by atoms with van der Waals surface area (Å²) in [7, 11) is 1.78. The number of hydrogen-bond acceptors (Lipinski definition) is 6. The number of ether oxygens (including phenoxy) is 1. The maximum absolute atomic E-state index is 5.56. The number of rotatable bonds is 4. The van der Waals surface area contributed by atoms with Crippen molar-refractivity contribution in [3.63, 3.8) is 0 Å². The Morgan fingerprint density at radius 1 is 1.53 bits per heavy atom. The fourth-order valence-corrected chi connectivity index (χ4v) is 2.66. The molecule has 0 bridgehead atoms. The zero-order chi connectivity index (χ0) is 13.8. The molecule has 2 heterocycles. The average molecular weight is 265 g/mol. The van der Waals surface area contributed by atoms with Crippen molar-refractivity contribution < 1.29 is 4.74 Å². The monoisotopic (exact) mass is 265 g/mol. The van der Waals surface area contributed by atoms with Gasteiger partial charge in [0.15, 0.2) is 0 Å². The van der Waals surface area contributed by atoms with Gasteiger partial charge in [0.05, 0.1) is 6.10 Å². The number of hydrogen-bond donors (Lipinski definition) is 2. The summed E-state index contributed by atoms with van der Waals surface area (Å²) >= 11 is 0. The second kappa shape index (κ2) is 6.16. The number of methoxy groups -OCH3 is 1. The number of nitrogens with zero attached hydrogens (tertiary/aromatic N) is 3. The lowest BCUT2D eigenvalue weighted by atomic mass is 9.95. The summed E-state index contributed by atoms with van der Waals surface area (Å²) in [5.41, 5.74) is 3.72. The molecule has 1 aromatic rings. The molecular formula is C13H23N5O. The van der Waals surface area contributed by atoms with Crippen molar-refractivity contribution in [1.82, 2.24) is 9.97 Å². The van der Waals surface area contributed by atoms with Crippen LogP contribution in [0.1, 0.15) is 25.8 Å². The predicted molar refractivity (Wildman–Crippen MR) is 76.0 cm³/mol. The smallest absolute Gasteiger partial charge is 0.148 e. The highest BCUT2D eigenvalue weighted by Crippen LogP contribution is 2.28. The van der Waals surface area contributed by atoms with Gasteiger partial charge in [0.25, 0.3) is 0 Å². The molecule has 106 valence electrons. The van der Waals surface area contributed by atoms with Gasteiger partial charge in [-0.25, -0.2) is 15.8 Å². The fraction of sp³-hybridized carbons (Fsp3) is 0.692. The first kappa shape index (κ1) is 14.0. The molecule has 2 rings (SSSR count). The first-order valence-electron chi connectivity index (χ1n) is 6.79. The van der Waals surface area contributed by atoms with Gasteiger partial charge in [0, 0.05) is 25.8 Å². The summed E-state index contributed by atoms with van der Waals surface area (Å²) in [6.07, 6.45) is 3.77. The van der Waals surface area contributed by atoms with Crippen LogP contribution in [0.5, 0.6) is 0 Å². The second-order valence-corrected chi connectivity index (χ2v) is 5.01. The Hall–Kier alpha value is -1.40. The van der Waals surface area contributed by atoms with Crippen LogP contribution in [-0.4, -0.2) is 36.3 Å². The minimum Gasteiger partial charge on any atom is -0.379 e. The first-order valence-corrected chi connectivity index (χ1v) is 6.79. The van der Waals surface area contributed by atoms with Crippen molar-refractivity contribution in [3.8, 4) is 0 Å². The van der Waals surface area contributed by atoms with Crippen LogP contribution in [0, 0.1) is 5.92 Å². The maximum atomic E-state index is 5.56. The second-order valence-electron chi connectivity index (χ2n) is 5.01. The molecule has 1 aliphatic rings. The quantitative estimate of drug-likeness (QED) is 0.629. The van der Waals surface area contributed by atoms with E-state index >= 15 is 0 Å². The third-order valence-electron chi connectivity index (χ3n) is 3.90. The van der Waals surface area contributed by atoms with Crippen molar-refractivity contribution in [2.75, 3.05) is 30.5 Å². The molecule has 6 nitrogen and oxygen atoms in total. The Morgan fingerprint density at radius 3 is 2.95 bits per heavy atom. The third-order valence-corrected chi connectivity index (χ3v) is 3.90. The number of piperidine rings is 1. The Bertz CT molecular complexity index is 425. The molecule has 0 amide bonds. The van der Waals surface area contributed by atoms with Crippen molar-refractivity contribution in [1.29, 1.82) is 0 Å². The number of nitrogens with one attached hydrogen (secondary N) is 1. The van der Waals surface area contributed by atoms with Crippen molar-refractivity contribution in [2.45, 2.75) is 32.8 Å². The van der Waals surface area contributed by atoms with E-state index in [2.05, 4.69) is 34.1 Å². The number of anilines is 2. The molecule has 0 saturated carbocycles. The van der Waals surface area contributed by atoms with Crippen LogP contribution < -0.4 is 16.2 Å². The van der Waals surface area contributed by atoms with Gasteiger partial charge in [0.1, 0.15) is 18.0 Å². The first-order chi connectivity index (χ1) is 9.21. The molecule has 1 aromatic heterocycles. The average Bonchev–Trinajstić information content (AvgIpc) is 2.46. The van der Waals surface area contributed by atoms with Crippen LogP contribution in [0.25, 0.3) is 0 Å². The van der Waals surface area contributed by atoms with Crippen molar-refractivity contribution in [2.24, 2.45) is 11.8 Å². The summed E-state index contributed by atoms with van der Waals surface area (Å²) in [5.74, 6) is 7.78. The van der Waals surface area contributed by atoms with E-state index in [9.17, 15) is 0 Å². The Kier molecular flexibility index (Phi) is 4.55. The van der Waals surface area contributed by atoms with Crippen LogP contribution >= 0.6 is 0 Å². The minimum atomic E-state index is 0.253. The third kappa shape index (κ3) is 2.79. The molecule has 0 aromatic carbocycles. The maximum Gasteiger partial charge on any atom is 0.148 e. The summed E-state index contributed by atoms with van der Waals surface area (Å²) in [6.45, 7) is 6.18. The molecule has 1 saturated heterocycles. The van der Waals surface area contributed by atoms with Gasteiger partial charge < -0.3 is 15.1 Å². The zero-order valence-corrected chi connectivity index (χ0v) is 11.9. The highest BCUT2D eigenvalue weighted by atomic mass is 16.5. The van der Waals surface area contributed by atoms with E-state index in [4.69, 9.17) is 10.6 Å². The van der Waals surface area contributed by atoms with E-state index in [1.807, 2.05) is 0 Å². The number of nitrogen functional groups attached to an aromatic ring is 1. The van der Waals surface area contributed by atoms with E-state index in [1.165, 1.54) is 0 Å². The van der Waals surface area contributed by atoms with E-state index in [0.29, 0.717) is 11.7 Å². The summed E-state index contributed by atoms with van der Waals surface area (Å²) < 4.78 is 5.56. The van der Waals surface area contributed by atoms with Crippen molar-refractivity contribution in [3.05, 3.63) is 11.9 Å². The van der Waals surface area contributed by atoms with Gasteiger partial charge in [-0.2, -0.15) is 0 Å². The van der Waals surface area contributed by atoms with Crippen LogP contribution in [0.15, 0.2) is 6.33 Å². The Balaban J connectivity index is 2.26. The molecule has 6 heteroatoms. The largest absolute Gasteiger partial charge is 0.379 e. The van der Waals surface area contributed by atoms with Crippen LogP contribution in [0.4, 0.5) is 11.6 Å². The zero-order valence-electron chi connectivity index (χ0n) is 11.9. The van der Waals surface area contributed by atoms with E-state index in [1.54, 1.807) is 13.4 Å². The molecule has 2 unspecified atom stereocenters. The lowest BCUT2D eigenvalue weighted by molar-refractivity contribution is 0.0496. The highest BCUT2D eigenvalue weighted by Gasteiger charge is 2.28. The van der Waals surface area contributed by atoms with Crippen LogP contribution in [0.3, 0.4) is 0 Å². The molecule has 0 spiro atoms. The van der Waals surface area contributed by atoms with Crippen molar-refractivity contribution >= 4 is 11.6 Å². The Morgan fingerprint density at radius 2 is 2.32 bits per heavy atom.